The lowest BCUT2D eigenvalue weighted by molar-refractivity contribution is -0.123. The van der Waals surface area contributed by atoms with Crippen LogP contribution >= 0.6 is 0 Å². The number of halogens is 1. The van der Waals surface area contributed by atoms with Crippen molar-refractivity contribution in [2.24, 2.45) is 0 Å². The first-order valence-electron chi connectivity index (χ1n) is 8.25. The van der Waals surface area contributed by atoms with Crippen molar-refractivity contribution in [3.8, 4) is 0 Å². The number of hydrogen-bond donors (Lipinski definition) is 3. The minimum absolute atomic E-state index is 0.0330. The van der Waals surface area contributed by atoms with Crippen LogP contribution in [0, 0.1) is 5.82 Å². The lowest BCUT2D eigenvalue weighted by Crippen LogP contribution is -2.30. The van der Waals surface area contributed by atoms with Gasteiger partial charge in [0.2, 0.25) is 17.7 Å². The molecule has 140 valence electrons. The molecule has 3 N–H and O–H groups in total. The number of rotatable bonds is 5. The van der Waals surface area contributed by atoms with E-state index in [9.17, 15) is 18.8 Å². The van der Waals surface area contributed by atoms with Crippen molar-refractivity contribution >= 4 is 34.8 Å². The molecule has 3 amide bonds. The van der Waals surface area contributed by atoms with Gasteiger partial charge >= 0.3 is 0 Å². The topological polar surface area (TPSA) is 96.5 Å². The zero-order valence-corrected chi connectivity index (χ0v) is 14.5. The molecule has 0 saturated heterocycles. The van der Waals surface area contributed by atoms with Gasteiger partial charge in [-0.25, -0.2) is 4.39 Å². The molecule has 1 aliphatic heterocycles. The Morgan fingerprint density at radius 1 is 1.19 bits per heavy atom. The van der Waals surface area contributed by atoms with E-state index in [0.717, 1.165) is 0 Å². The number of amides is 3. The van der Waals surface area contributed by atoms with Crippen LogP contribution in [-0.2, 0) is 19.1 Å². The average Bonchev–Trinajstić information content (AvgIpc) is 2.61. The minimum Gasteiger partial charge on any atom is -0.375 e. The molecule has 3 rings (SSSR count). The summed E-state index contributed by atoms with van der Waals surface area (Å²) in [7, 11) is 1.42. The number of anilines is 3. The molecule has 2 aromatic carbocycles. The van der Waals surface area contributed by atoms with Gasteiger partial charge in [-0.05, 0) is 35.9 Å². The molecule has 0 aromatic heterocycles. The first kappa shape index (κ1) is 18.5. The summed E-state index contributed by atoms with van der Waals surface area (Å²) in [6, 6.07) is 10.6. The quantitative estimate of drug-likeness (QED) is 0.752. The fourth-order valence-corrected chi connectivity index (χ4v) is 2.90. The van der Waals surface area contributed by atoms with Gasteiger partial charge in [0.25, 0.3) is 0 Å². The molecule has 1 unspecified atom stereocenters. The fourth-order valence-electron chi connectivity index (χ4n) is 2.90. The van der Waals surface area contributed by atoms with Crippen molar-refractivity contribution in [1.82, 2.24) is 0 Å². The summed E-state index contributed by atoms with van der Waals surface area (Å²) >= 11 is 0. The molecule has 2 aromatic rings. The summed E-state index contributed by atoms with van der Waals surface area (Å²) in [5.41, 5.74) is 1.81. The van der Waals surface area contributed by atoms with Gasteiger partial charge in [-0.2, -0.15) is 0 Å². The van der Waals surface area contributed by atoms with E-state index in [1.807, 2.05) is 0 Å². The van der Waals surface area contributed by atoms with Crippen LogP contribution < -0.4 is 16.0 Å². The molecule has 7 nitrogen and oxygen atoms in total. The van der Waals surface area contributed by atoms with Gasteiger partial charge in [0.15, 0.2) is 0 Å². The number of methoxy groups -OCH3 is 1. The largest absolute Gasteiger partial charge is 0.375 e. The maximum Gasteiger partial charge on any atom is 0.250 e. The van der Waals surface area contributed by atoms with Gasteiger partial charge in [0.1, 0.15) is 12.4 Å². The normalized spacial score (nSPS) is 15.5. The van der Waals surface area contributed by atoms with Gasteiger partial charge in [-0.15, -0.1) is 0 Å². The van der Waals surface area contributed by atoms with Crippen LogP contribution in [0.2, 0.25) is 0 Å². The second-order valence-electron chi connectivity index (χ2n) is 6.09. The van der Waals surface area contributed by atoms with Crippen molar-refractivity contribution in [3.63, 3.8) is 0 Å². The van der Waals surface area contributed by atoms with Crippen LogP contribution in [0.5, 0.6) is 0 Å². The second kappa shape index (κ2) is 7.96. The molecule has 0 saturated carbocycles. The molecule has 0 fully saturated rings. The Hall–Kier alpha value is -3.26. The summed E-state index contributed by atoms with van der Waals surface area (Å²) in [5.74, 6) is -2.29. The molecule has 0 aliphatic carbocycles. The molecule has 1 atom stereocenters. The number of nitrogens with one attached hydrogen (secondary N) is 3. The lowest BCUT2D eigenvalue weighted by atomic mass is 9.89. The van der Waals surface area contributed by atoms with E-state index in [2.05, 4.69) is 16.0 Å². The summed E-state index contributed by atoms with van der Waals surface area (Å²) in [4.78, 5) is 36.2. The van der Waals surface area contributed by atoms with Crippen LogP contribution in [-0.4, -0.2) is 31.4 Å². The lowest BCUT2D eigenvalue weighted by Gasteiger charge is -2.25. The summed E-state index contributed by atoms with van der Waals surface area (Å²) < 4.78 is 18.2. The predicted octanol–water partition coefficient (Wildman–Crippen LogP) is 2.48. The maximum absolute atomic E-state index is 13.4. The summed E-state index contributed by atoms with van der Waals surface area (Å²) in [6.07, 6.45) is -0.0330. The maximum atomic E-state index is 13.4. The molecule has 0 spiro atoms. The molecule has 1 aliphatic rings. The smallest absolute Gasteiger partial charge is 0.250 e. The first-order valence-corrected chi connectivity index (χ1v) is 8.25. The summed E-state index contributed by atoms with van der Waals surface area (Å²) in [6.45, 7) is -0.0822. The van der Waals surface area contributed by atoms with E-state index in [1.54, 1.807) is 24.3 Å². The van der Waals surface area contributed by atoms with E-state index >= 15 is 0 Å². The Kier molecular flexibility index (Phi) is 5.46. The van der Waals surface area contributed by atoms with E-state index in [0.29, 0.717) is 22.6 Å². The Labute approximate surface area is 154 Å². The number of fused-ring (bicyclic) bond motifs is 1. The Bertz CT molecular complexity index is 900. The molecule has 1 heterocycles. The molecule has 0 radical (unpaired) electrons. The molecule has 27 heavy (non-hydrogen) atoms. The van der Waals surface area contributed by atoms with Gasteiger partial charge in [-0.3, -0.25) is 14.4 Å². The monoisotopic (exact) mass is 371 g/mol. The van der Waals surface area contributed by atoms with Crippen LogP contribution in [0.15, 0.2) is 42.5 Å². The minimum atomic E-state index is -0.735. The van der Waals surface area contributed by atoms with Crippen LogP contribution in [0.1, 0.15) is 17.9 Å². The van der Waals surface area contributed by atoms with Crippen molar-refractivity contribution in [1.29, 1.82) is 0 Å². The molecular formula is C19H18FN3O4. The molecular weight excluding hydrogens is 353 g/mol. The van der Waals surface area contributed by atoms with Crippen LogP contribution in [0.25, 0.3) is 0 Å². The van der Waals surface area contributed by atoms with Crippen molar-refractivity contribution in [2.45, 2.75) is 12.3 Å². The number of carbonyl (C=O) groups excluding carboxylic acids is 3. The average molecular weight is 371 g/mol. The standard InChI is InChI=1S/C19H18FN3O4/c1-27-10-18(25)21-12-3-2-4-13(8-12)22-19(26)15-9-17(24)23-16-7-11(20)5-6-14(15)16/h2-8,15H,9-10H2,1H3,(H,21,25)(H,22,26)(H,23,24). The van der Waals surface area contributed by atoms with E-state index in [1.165, 1.54) is 25.3 Å². The highest BCUT2D eigenvalue weighted by atomic mass is 19.1. The SMILES string of the molecule is COCC(=O)Nc1cccc(NC(=O)C2CC(=O)Nc3cc(F)ccc32)c1. The second-order valence-corrected chi connectivity index (χ2v) is 6.09. The zero-order valence-electron chi connectivity index (χ0n) is 14.5. The van der Waals surface area contributed by atoms with Gasteiger partial charge in [0, 0.05) is 30.6 Å². The van der Waals surface area contributed by atoms with Crippen molar-refractivity contribution in [3.05, 3.63) is 53.8 Å². The Morgan fingerprint density at radius 2 is 1.93 bits per heavy atom. The van der Waals surface area contributed by atoms with E-state index < -0.39 is 17.6 Å². The number of benzene rings is 2. The third-order valence-corrected chi connectivity index (χ3v) is 4.06. The number of ether oxygens (including phenoxy) is 1. The first-order chi connectivity index (χ1) is 13.0. The van der Waals surface area contributed by atoms with Gasteiger partial charge in [-0.1, -0.05) is 12.1 Å². The summed E-state index contributed by atoms with van der Waals surface area (Å²) in [5, 5.41) is 7.96. The third-order valence-electron chi connectivity index (χ3n) is 4.06. The molecule has 8 heteroatoms. The fraction of sp³-hybridized carbons (Fsp3) is 0.211. The van der Waals surface area contributed by atoms with Gasteiger partial charge in [0.05, 0.1) is 5.92 Å². The Morgan fingerprint density at radius 3 is 2.67 bits per heavy atom. The number of carbonyl (C=O) groups is 3. The van der Waals surface area contributed by atoms with Crippen molar-refractivity contribution < 1.29 is 23.5 Å². The van der Waals surface area contributed by atoms with E-state index in [-0.39, 0.29) is 24.8 Å². The van der Waals surface area contributed by atoms with Gasteiger partial charge < -0.3 is 20.7 Å². The highest BCUT2D eigenvalue weighted by molar-refractivity contribution is 6.05. The molecule has 0 bridgehead atoms. The van der Waals surface area contributed by atoms with Crippen LogP contribution in [0.4, 0.5) is 21.5 Å². The van der Waals surface area contributed by atoms with Crippen molar-refractivity contribution in [2.75, 3.05) is 29.7 Å². The zero-order chi connectivity index (χ0) is 19.4. The van der Waals surface area contributed by atoms with E-state index in [4.69, 9.17) is 4.74 Å². The highest BCUT2D eigenvalue weighted by Gasteiger charge is 2.31. The Balaban J connectivity index is 1.76. The predicted molar refractivity (Wildman–Crippen MR) is 98.0 cm³/mol. The van der Waals surface area contributed by atoms with Crippen LogP contribution in [0.3, 0.4) is 0 Å². The highest BCUT2D eigenvalue weighted by Crippen LogP contribution is 2.33. The number of hydrogen-bond acceptors (Lipinski definition) is 4. The third kappa shape index (κ3) is 4.48.